The van der Waals surface area contributed by atoms with E-state index in [4.69, 9.17) is 4.74 Å². The standard InChI is InChI=1S/C12H17NO/c1-13-10-6-5-9-12(13)14-11-7-3-2-4-8-11/h2-4,7-8,12H,5-6,9-10H2,1H3. The van der Waals surface area contributed by atoms with Gasteiger partial charge in [-0.15, -0.1) is 0 Å². The maximum Gasteiger partial charge on any atom is 0.152 e. The van der Waals surface area contributed by atoms with E-state index < -0.39 is 0 Å². The Morgan fingerprint density at radius 1 is 1.21 bits per heavy atom. The second-order valence-electron chi connectivity index (χ2n) is 3.86. The molecule has 1 aliphatic heterocycles. The van der Waals surface area contributed by atoms with Gasteiger partial charge in [0.25, 0.3) is 0 Å². The molecule has 0 bridgehead atoms. The fraction of sp³-hybridized carbons (Fsp3) is 0.500. The molecule has 0 amide bonds. The first-order valence-corrected chi connectivity index (χ1v) is 5.28. The molecule has 1 unspecified atom stereocenters. The summed E-state index contributed by atoms with van der Waals surface area (Å²) in [4.78, 5) is 2.29. The second-order valence-corrected chi connectivity index (χ2v) is 3.86. The fourth-order valence-corrected chi connectivity index (χ4v) is 1.85. The van der Waals surface area contributed by atoms with Gasteiger partial charge in [0, 0.05) is 6.54 Å². The van der Waals surface area contributed by atoms with E-state index in [2.05, 4.69) is 11.9 Å². The van der Waals surface area contributed by atoms with Crippen LogP contribution in [0.15, 0.2) is 30.3 Å². The van der Waals surface area contributed by atoms with E-state index in [0.29, 0.717) is 0 Å². The third-order valence-corrected chi connectivity index (χ3v) is 2.72. The van der Waals surface area contributed by atoms with Crippen molar-refractivity contribution in [2.45, 2.75) is 25.5 Å². The highest BCUT2D eigenvalue weighted by Crippen LogP contribution is 2.19. The third-order valence-electron chi connectivity index (χ3n) is 2.72. The molecule has 0 N–H and O–H groups in total. The molecule has 2 rings (SSSR count). The van der Waals surface area contributed by atoms with Crippen molar-refractivity contribution in [3.05, 3.63) is 30.3 Å². The van der Waals surface area contributed by atoms with Crippen LogP contribution < -0.4 is 4.74 Å². The van der Waals surface area contributed by atoms with E-state index in [1.807, 2.05) is 30.3 Å². The van der Waals surface area contributed by atoms with E-state index in [1.54, 1.807) is 0 Å². The van der Waals surface area contributed by atoms with E-state index in [0.717, 1.165) is 18.7 Å². The Hall–Kier alpha value is -1.02. The van der Waals surface area contributed by atoms with Crippen LogP contribution in [-0.4, -0.2) is 24.7 Å². The lowest BCUT2D eigenvalue weighted by molar-refractivity contribution is 0.0151. The van der Waals surface area contributed by atoms with Crippen molar-refractivity contribution in [2.75, 3.05) is 13.6 Å². The summed E-state index contributed by atoms with van der Waals surface area (Å²) in [6.45, 7) is 1.15. The summed E-state index contributed by atoms with van der Waals surface area (Å²) in [5, 5.41) is 0. The lowest BCUT2D eigenvalue weighted by Gasteiger charge is -2.32. The number of hydrogen-bond acceptors (Lipinski definition) is 2. The third kappa shape index (κ3) is 2.26. The highest BCUT2D eigenvalue weighted by atomic mass is 16.5. The first kappa shape index (κ1) is 9.53. The smallest absolute Gasteiger partial charge is 0.152 e. The molecule has 1 aliphatic rings. The number of hydrogen-bond donors (Lipinski definition) is 0. The Balaban J connectivity index is 1.96. The number of rotatable bonds is 2. The van der Waals surface area contributed by atoms with Crippen LogP contribution in [0.2, 0.25) is 0 Å². The highest BCUT2D eigenvalue weighted by Gasteiger charge is 2.19. The molecule has 0 aromatic heterocycles. The van der Waals surface area contributed by atoms with Crippen LogP contribution in [0.1, 0.15) is 19.3 Å². The monoisotopic (exact) mass is 191 g/mol. The van der Waals surface area contributed by atoms with E-state index in [1.165, 1.54) is 12.8 Å². The molecule has 0 saturated carbocycles. The zero-order chi connectivity index (χ0) is 9.80. The van der Waals surface area contributed by atoms with Crippen molar-refractivity contribution in [3.8, 4) is 5.75 Å². The predicted molar refractivity (Wildman–Crippen MR) is 57.3 cm³/mol. The van der Waals surface area contributed by atoms with Gasteiger partial charge in [0.2, 0.25) is 0 Å². The summed E-state index contributed by atoms with van der Waals surface area (Å²) in [5.74, 6) is 0.978. The highest BCUT2D eigenvalue weighted by molar-refractivity contribution is 5.21. The minimum Gasteiger partial charge on any atom is -0.475 e. The number of nitrogens with zero attached hydrogens (tertiary/aromatic N) is 1. The minimum atomic E-state index is 0.270. The predicted octanol–water partition coefficient (Wildman–Crippen LogP) is 2.51. The number of ether oxygens (including phenoxy) is 1. The SMILES string of the molecule is CN1CCCCC1Oc1ccccc1. The van der Waals surface area contributed by atoms with Crippen molar-refractivity contribution in [1.29, 1.82) is 0 Å². The van der Waals surface area contributed by atoms with Gasteiger partial charge in [0.05, 0.1) is 0 Å². The molecule has 76 valence electrons. The topological polar surface area (TPSA) is 12.5 Å². The Morgan fingerprint density at radius 3 is 2.71 bits per heavy atom. The van der Waals surface area contributed by atoms with Crippen LogP contribution in [0.5, 0.6) is 5.75 Å². The first-order valence-electron chi connectivity index (χ1n) is 5.28. The van der Waals surface area contributed by atoms with Gasteiger partial charge in [-0.2, -0.15) is 0 Å². The van der Waals surface area contributed by atoms with Crippen molar-refractivity contribution >= 4 is 0 Å². The summed E-state index contributed by atoms with van der Waals surface area (Å²) < 4.78 is 5.89. The van der Waals surface area contributed by atoms with Crippen LogP contribution in [0.4, 0.5) is 0 Å². The van der Waals surface area contributed by atoms with Gasteiger partial charge in [-0.25, -0.2) is 0 Å². The van der Waals surface area contributed by atoms with Crippen molar-refractivity contribution < 1.29 is 4.74 Å². The second kappa shape index (κ2) is 4.47. The zero-order valence-electron chi connectivity index (χ0n) is 8.65. The molecule has 1 atom stereocenters. The fourth-order valence-electron chi connectivity index (χ4n) is 1.85. The Kier molecular flexibility index (Phi) is 3.04. The molecular formula is C12H17NO. The maximum atomic E-state index is 5.89. The van der Waals surface area contributed by atoms with Crippen molar-refractivity contribution in [1.82, 2.24) is 4.90 Å². The van der Waals surface area contributed by atoms with Gasteiger partial charge in [-0.3, -0.25) is 4.90 Å². The summed E-state index contributed by atoms with van der Waals surface area (Å²) >= 11 is 0. The van der Waals surface area contributed by atoms with Gasteiger partial charge in [-0.1, -0.05) is 18.2 Å². The lowest BCUT2D eigenvalue weighted by atomic mass is 10.1. The molecule has 1 saturated heterocycles. The summed E-state index contributed by atoms with van der Waals surface area (Å²) in [6.07, 6.45) is 3.99. The van der Waals surface area contributed by atoms with Crippen LogP contribution >= 0.6 is 0 Å². The Labute approximate surface area is 85.5 Å². The van der Waals surface area contributed by atoms with E-state index in [-0.39, 0.29) is 6.23 Å². The molecule has 1 aromatic rings. The summed E-state index contributed by atoms with van der Waals surface area (Å²) in [7, 11) is 2.13. The van der Waals surface area contributed by atoms with E-state index >= 15 is 0 Å². The zero-order valence-corrected chi connectivity index (χ0v) is 8.65. The number of para-hydroxylation sites is 1. The molecule has 1 fully saturated rings. The van der Waals surface area contributed by atoms with Crippen LogP contribution in [0.3, 0.4) is 0 Å². The molecule has 2 heteroatoms. The number of likely N-dealkylation sites (tertiary alicyclic amines) is 1. The molecule has 0 spiro atoms. The van der Waals surface area contributed by atoms with Crippen LogP contribution in [0, 0.1) is 0 Å². The molecule has 1 heterocycles. The number of benzene rings is 1. The minimum absolute atomic E-state index is 0.270. The normalized spacial score (nSPS) is 23.4. The average molecular weight is 191 g/mol. The van der Waals surface area contributed by atoms with E-state index in [9.17, 15) is 0 Å². The van der Waals surface area contributed by atoms with Gasteiger partial charge < -0.3 is 4.74 Å². The average Bonchev–Trinajstić information content (AvgIpc) is 2.23. The maximum absolute atomic E-state index is 5.89. The van der Waals surface area contributed by atoms with Crippen molar-refractivity contribution in [3.63, 3.8) is 0 Å². The quantitative estimate of drug-likeness (QED) is 0.712. The molecule has 1 aromatic carbocycles. The first-order chi connectivity index (χ1) is 6.86. The molecule has 0 radical (unpaired) electrons. The van der Waals surface area contributed by atoms with Gasteiger partial charge in [0.15, 0.2) is 6.23 Å². The molecule has 14 heavy (non-hydrogen) atoms. The molecule has 2 nitrogen and oxygen atoms in total. The summed E-state index contributed by atoms with van der Waals surface area (Å²) in [5.41, 5.74) is 0. The lowest BCUT2D eigenvalue weighted by Crippen LogP contribution is -2.40. The van der Waals surface area contributed by atoms with Crippen molar-refractivity contribution in [2.24, 2.45) is 0 Å². The number of piperidine rings is 1. The molecule has 0 aliphatic carbocycles. The van der Waals surface area contributed by atoms with Crippen LogP contribution in [-0.2, 0) is 0 Å². The van der Waals surface area contributed by atoms with Gasteiger partial charge >= 0.3 is 0 Å². The molecular weight excluding hydrogens is 174 g/mol. The van der Waals surface area contributed by atoms with Gasteiger partial charge in [-0.05, 0) is 38.4 Å². The van der Waals surface area contributed by atoms with Gasteiger partial charge in [0.1, 0.15) is 5.75 Å². The largest absolute Gasteiger partial charge is 0.475 e. The van der Waals surface area contributed by atoms with Crippen LogP contribution in [0.25, 0.3) is 0 Å². The summed E-state index contributed by atoms with van der Waals surface area (Å²) in [6, 6.07) is 10.1. The Morgan fingerprint density at radius 2 is 2.00 bits per heavy atom. The Bertz CT molecular complexity index is 273.